The SMILES string of the molecule is CCOC(=O)CCn1ccc2cc(OCC)ccc21. The molecule has 0 aliphatic rings. The van der Waals surface area contributed by atoms with Crippen LogP contribution in [0.4, 0.5) is 0 Å². The number of hydrogen-bond donors (Lipinski definition) is 0. The van der Waals surface area contributed by atoms with E-state index in [-0.39, 0.29) is 5.97 Å². The quantitative estimate of drug-likeness (QED) is 0.750. The highest BCUT2D eigenvalue weighted by Crippen LogP contribution is 2.22. The number of fused-ring (bicyclic) bond motifs is 1. The molecule has 0 aliphatic carbocycles. The number of ether oxygens (including phenoxy) is 2. The fraction of sp³-hybridized carbons (Fsp3) is 0.400. The van der Waals surface area contributed by atoms with Crippen molar-refractivity contribution in [3.8, 4) is 5.75 Å². The van der Waals surface area contributed by atoms with Crippen LogP contribution in [-0.2, 0) is 16.1 Å². The molecule has 0 radical (unpaired) electrons. The molecule has 0 unspecified atom stereocenters. The highest BCUT2D eigenvalue weighted by Gasteiger charge is 2.06. The molecule has 1 aromatic heterocycles. The molecule has 0 atom stereocenters. The van der Waals surface area contributed by atoms with E-state index in [2.05, 4.69) is 4.57 Å². The Morgan fingerprint density at radius 3 is 2.79 bits per heavy atom. The molecule has 102 valence electrons. The van der Waals surface area contributed by atoms with Gasteiger partial charge in [0.15, 0.2) is 0 Å². The summed E-state index contributed by atoms with van der Waals surface area (Å²) in [5.41, 5.74) is 1.10. The van der Waals surface area contributed by atoms with E-state index in [0.717, 1.165) is 16.7 Å². The second-order valence-corrected chi connectivity index (χ2v) is 4.22. The minimum atomic E-state index is -0.157. The number of aromatic nitrogens is 1. The Morgan fingerprint density at radius 2 is 2.05 bits per heavy atom. The van der Waals surface area contributed by atoms with Crippen LogP contribution in [0.25, 0.3) is 10.9 Å². The molecule has 0 bridgehead atoms. The first kappa shape index (κ1) is 13.5. The fourth-order valence-corrected chi connectivity index (χ4v) is 2.07. The molecule has 2 aromatic rings. The maximum atomic E-state index is 11.4. The van der Waals surface area contributed by atoms with Crippen LogP contribution in [-0.4, -0.2) is 23.8 Å². The fourth-order valence-electron chi connectivity index (χ4n) is 2.07. The third kappa shape index (κ3) is 3.28. The third-order valence-electron chi connectivity index (χ3n) is 2.92. The predicted molar refractivity (Wildman–Crippen MR) is 74.4 cm³/mol. The van der Waals surface area contributed by atoms with Crippen LogP contribution in [0.2, 0.25) is 0 Å². The number of carbonyl (C=O) groups excluding carboxylic acids is 1. The lowest BCUT2D eigenvalue weighted by Crippen LogP contribution is -2.08. The van der Waals surface area contributed by atoms with Gasteiger partial charge >= 0.3 is 5.97 Å². The number of hydrogen-bond acceptors (Lipinski definition) is 3. The normalized spacial score (nSPS) is 10.6. The number of aryl methyl sites for hydroxylation is 1. The summed E-state index contributed by atoms with van der Waals surface area (Å²) >= 11 is 0. The number of esters is 1. The molecular weight excluding hydrogens is 242 g/mol. The smallest absolute Gasteiger partial charge is 0.307 e. The van der Waals surface area contributed by atoms with Gasteiger partial charge in [-0.2, -0.15) is 0 Å². The van der Waals surface area contributed by atoms with E-state index in [4.69, 9.17) is 9.47 Å². The van der Waals surface area contributed by atoms with E-state index in [1.165, 1.54) is 0 Å². The summed E-state index contributed by atoms with van der Waals surface area (Å²) < 4.78 is 12.5. The van der Waals surface area contributed by atoms with Crippen molar-refractivity contribution in [2.24, 2.45) is 0 Å². The number of carbonyl (C=O) groups is 1. The van der Waals surface area contributed by atoms with Crippen molar-refractivity contribution in [3.05, 3.63) is 30.5 Å². The van der Waals surface area contributed by atoms with Crippen LogP contribution in [0.15, 0.2) is 30.5 Å². The van der Waals surface area contributed by atoms with Crippen LogP contribution in [0.5, 0.6) is 5.75 Å². The van der Waals surface area contributed by atoms with Crippen molar-refractivity contribution in [1.82, 2.24) is 4.57 Å². The summed E-state index contributed by atoms with van der Waals surface area (Å²) in [5, 5.41) is 1.12. The van der Waals surface area contributed by atoms with Crippen molar-refractivity contribution in [2.45, 2.75) is 26.8 Å². The standard InChI is InChI=1S/C15H19NO3/c1-3-18-13-5-6-14-12(11-13)7-9-16(14)10-8-15(17)19-4-2/h5-7,9,11H,3-4,8,10H2,1-2H3. The van der Waals surface area contributed by atoms with Gasteiger partial charge in [0.25, 0.3) is 0 Å². The molecule has 0 aliphatic heterocycles. The van der Waals surface area contributed by atoms with Crippen molar-refractivity contribution < 1.29 is 14.3 Å². The number of benzene rings is 1. The lowest BCUT2D eigenvalue weighted by atomic mass is 10.2. The molecule has 0 saturated carbocycles. The molecule has 1 aromatic carbocycles. The van der Waals surface area contributed by atoms with Crippen LogP contribution in [0.3, 0.4) is 0 Å². The predicted octanol–water partition coefficient (Wildman–Crippen LogP) is 2.99. The minimum absolute atomic E-state index is 0.157. The van der Waals surface area contributed by atoms with Gasteiger partial charge in [-0.3, -0.25) is 4.79 Å². The molecule has 4 nitrogen and oxygen atoms in total. The number of nitrogens with zero attached hydrogens (tertiary/aromatic N) is 1. The first-order chi connectivity index (χ1) is 9.24. The van der Waals surface area contributed by atoms with Gasteiger partial charge in [0.2, 0.25) is 0 Å². The van der Waals surface area contributed by atoms with Gasteiger partial charge in [-0.05, 0) is 38.1 Å². The van der Waals surface area contributed by atoms with E-state index in [0.29, 0.717) is 26.2 Å². The van der Waals surface area contributed by atoms with Gasteiger partial charge < -0.3 is 14.0 Å². The second kappa shape index (κ2) is 6.27. The zero-order valence-corrected chi connectivity index (χ0v) is 11.4. The summed E-state index contributed by atoms with van der Waals surface area (Å²) in [6.45, 7) is 5.52. The molecule has 1 heterocycles. The van der Waals surface area contributed by atoms with Gasteiger partial charge in [0, 0.05) is 23.6 Å². The Balaban J connectivity index is 2.10. The molecule has 0 fully saturated rings. The van der Waals surface area contributed by atoms with E-state index in [1.807, 2.05) is 44.3 Å². The third-order valence-corrected chi connectivity index (χ3v) is 2.92. The van der Waals surface area contributed by atoms with Crippen molar-refractivity contribution in [3.63, 3.8) is 0 Å². The summed E-state index contributed by atoms with van der Waals surface area (Å²) in [7, 11) is 0. The average Bonchev–Trinajstić information content (AvgIpc) is 2.79. The summed E-state index contributed by atoms with van der Waals surface area (Å²) in [6.07, 6.45) is 2.38. The van der Waals surface area contributed by atoms with Crippen molar-refractivity contribution >= 4 is 16.9 Å². The highest BCUT2D eigenvalue weighted by atomic mass is 16.5. The minimum Gasteiger partial charge on any atom is -0.494 e. The van der Waals surface area contributed by atoms with Crippen LogP contribution in [0.1, 0.15) is 20.3 Å². The summed E-state index contributed by atoms with van der Waals surface area (Å²) in [6, 6.07) is 8.01. The maximum absolute atomic E-state index is 11.4. The molecular formula is C15H19NO3. The molecule has 0 saturated heterocycles. The first-order valence-electron chi connectivity index (χ1n) is 6.62. The summed E-state index contributed by atoms with van der Waals surface area (Å²) in [5.74, 6) is 0.716. The Kier molecular flexibility index (Phi) is 4.44. The van der Waals surface area contributed by atoms with Gasteiger partial charge in [-0.1, -0.05) is 0 Å². The second-order valence-electron chi connectivity index (χ2n) is 4.22. The van der Waals surface area contributed by atoms with E-state index in [9.17, 15) is 4.79 Å². The maximum Gasteiger partial charge on any atom is 0.307 e. The molecule has 0 N–H and O–H groups in total. The highest BCUT2D eigenvalue weighted by molar-refractivity contribution is 5.81. The Hall–Kier alpha value is -1.97. The molecule has 0 amide bonds. The molecule has 19 heavy (non-hydrogen) atoms. The van der Waals surface area contributed by atoms with Gasteiger partial charge in [0.05, 0.1) is 19.6 Å². The molecule has 0 spiro atoms. The van der Waals surface area contributed by atoms with Gasteiger partial charge in [0.1, 0.15) is 5.75 Å². The van der Waals surface area contributed by atoms with Crippen LogP contribution >= 0.6 is 0 Å². The van der Waals surface area contributed by atoms with Crippen LogP contribution < -0.4 is 4.74 Å². The zero-order valence-electron chi connectivity index (χ0n) is 11.4. The topological polar surface area (TPSA) is 40.5 Å². The van der Waals surface area contributed by atoms with Crippen LogP contribution in [0, 0.1) is 0 Å². The Labute approximate surface area is 112 Å². The van der Waals surface area contributed by atoms with Crippen molar-refractivity contribution in [1.29, 1.82) is 0 Å². The van der Waals surface area contributed by atoms with E-state index < -0.39 is 0 Å². The largest absolute Gasteiger partial charge is 0.494 e. The van der Waals surface area contributed by atoms with Gasteiger partial charge in [-0.25, -0.2) is 0 Å². The Morgan fingerprint density at radius 1 is 1.21 bits per heavy atom. The molecule has 2 rings (SSSR count). The monoisotopic (exact) mass is 261 g/mol. The Bertz CT molecular complexity index is 560. The van der Waals surface area contributed by atoms with E-state index in [1.54, 1.807) is 0 Å². The van der Waals surface area contributed by atoms with E-state index >= 15 is 0 Å². The summed E-state index contributed by atoms with van der Waals surface area (Å²) in [4.78, 5) is 11.4. The lowest BCUT2D eigenvalue weighted by molar-refractivity contribution is -0.143. The van der Waals surface area contributed by atoms with Crippen molar-refractivity contribution in [2.75, 3.05) is 13.2 Å². The van der Waals surface area contributed by atoms with Gasteiger partial charge in [-0.15, -0.1) is 0 Å². The lowest BCUT2D eigenvalue weighted by Gasteiger charge is -2.06. The first-order valence-corrected chi connectivity index (χ1v) is 6.62. The molecule has 4 heteroatoms. The number of rotatable bonds is 6. The zero-order chi connectivity index (χ0) is 13.7. The average molecular weight is 261 g/mol.